The van der Waals surface area contributed by atoms with Crippen LogP contribution >= 0.6 is 0 Å². The van der Waals surface area contributed by atoms with Crippen LogP contribution in [0, 0.1) is 0 Å². The molecule has 6 heteroatoms. The molecule has 2 aliphatic heterocycles. The number of rotatable bonds is 5. The Morgan fingerprint density at radius 2 is 1.85 bits per heavy atom. The van der Waals surface area contributed by atoms with Crippen LogP contribution in [0.15, 0.2) is 23.9 Å². The molecule has 26 heavy (non-hydrogen) atoms. The minimum absolute atomic E-state index is 0.0628. The number of nitrogens with zero attached hydrogens (tertiary/aromatic N) is 1. The van der Waals surface area contributed by atoms with Crippen LogP contribution in [0.25, 0.3) is 0 Å². The normalized spacial score (nSPS) is 15.2. The van der Waals surface area contributed by atoms with E-state index in [0.717, 1.165) is 44.5 Å². The number of aryl methyl sites for hydroxylation is 1. The van der Waals surface area contributed by atoms with Gasteiger partial charge in [0, 0.05) is 30.7 Å². The molecule has 140 valence electrons. The number of hydrogen-bond acceptors (Lipinski definition) is 6. The number of fused-ring (bicyclic) bond motifs is 3. The molecule has 0 unspecified atom stereocenters. The maximum atomic E-state index is 12.2. The van der Waals surface area contributed by atoms with E-state index in [2.05, 4.69) is 17.4 Å². The van der Waals surface area contributed by atoms with Crippen LogP contribution in [0.2, 0.25) is 0 Å². The number of benzene rings is 1. The third-order valence-electron chi connectivity index (χ3n) is 4.71. The van der Waals surface area contributed by atoms with Gasteiger partial charge in [0.05, 0.1) is 13.2 Å². The molecule has 0 radical (unpaired) electrons. The molecule has 2 aliphatic rings. The summed E-state index contributed by atoms with van der Waals surface area (Å²) in [5, 5.41) is 3.52. The van der Waals surface area contributed by atoms with E-state index in [1.54, 1.807) is 20.0 Å². The van der Waals surface area contributed by atoms with Crippen molar-refractivity contribution in [2.45, 2.75) is 39.5 Å². The molecule has 0 atom stereocenters. The number of esters is 2. The third kappa shape index (κ3) is 3.69. The van der Waals surface area contributed by atoms with Gasteiger partial charge in [-0.1, -0.05) is 6.07 Å². The largest absolute Gasteiger partial charge is 0.462 e. The molecule has 1 aromatic carbocycles. The second-order valence-corrected chi connectivity index (χ2v) is 6.41. The van der Waals surface area contributed by atoms with Crippen molar-refractivity contribution >= 4 is 23.3 Å². The summed E-state index contributed by atoms with van der Waals surface area (Å²) in [5.41, 5.74) is 4.80. The highest BCUT2D eigenvalue weighted by Crippen LogP contribution is 2.37. The van der Waals surface area contributed by atoms with Gasteiger partial charge < -0.3 is 19.7 Å². The minimum Gasteiger partial charge on any atom is -0.462 e. The summed E-state index contributed by atoms with van der Waals surface area (Å²) in [6.07, 6.45) is 5.77. The van der Waals surface area contributed by atoms with E-state index >= 15 is 0 Å². The zero-order valence-electron chi connectivity index (χ0n) is 15.5. The molecule has 0 saturated carbocycles. The topological polar surface area (TPSA) is 67.9 Å². The third-order valence-corrected chi connectivity index (χ3v) is 4.71. The summed E-state index contributed by atoms with van der Waals surface area (Å²) < 4.78 is 10.1. The van der Waals surface area contributed by atoms with E-state index in [9.17, 15) is 9.59 Å². The number of carbonyl (C=O) groups excluding carboxylic acids is 2. The fourth-order valence-electron chi connectivity index (χ4n) is 3.57. The average molecular weight is 358 g/mol. The first-order chi connectivity index (χ1) is 12.7. The summed E-state index contributed by atoms with van der Waals surface area (Å²) in [6.45, 7) is 5.58. The Kier molecular flexibility index (Phi) is 5.81. The highest BCUT2D eigenvalue weighted by molar-refractivity contribution is 6.14. The van der Waals surface area contributed by atoms with E-state index in [-0.39, 0.29) is 18.8 Å². The Balaban J connectivity index is 1.97. The van der Waals surface area contributed by atoms with Crippen molar-refractivity contribution in [2.24, 2.45) is 0 Å². The smallest absolute Gasteiger partial charge is 0.347 e. The van der Waals surface area contributed by atoms with Crippen molar-refractivity contribution < 1.29 is 19.1 Å². The minimum atomic E-state index is -0.644. The number of nitrogens with one attached hydrogen (secondary N) is 1. The van der Waals surface area contributed by atoms with Crippen LogP contribution in [0.5, 0.6) is 0 Å². The molecule has 0 spiro atoms. The predicted molar refractivity (Wildman–Crippen MR) is 100 cm³/mol. The van der Waals surface area contributed by atoms with Gasteiger partial charge in [-0.05, 0) is 56.7 Å². The van der Waals surface area contributed by atoms with Crippen LogP contribution in [0.3, 0.4) is 0 Å². The van der Waals surface area contributed by atoms with E-state index in [1.807, 2.05) is 4.90 Å². The lowest BCUT2D eigenvalue weighted by Gasteiger charge is -2.32. The highest BCUT2D eigenvalue weighted by atomic mass is 16.6. The SMILES string of the molecule is CCOC(=O)C(=CN1CCCc2c1ccc1c2NCCC1)C(=O)OCC. The summed E-state index contributed by atoms with van der Waals surface area (Å²) in [4.78, 5) is 26.5. The Hall–Kier alpha value is -2.50. The van der Waals surface area contributed by atoms with Gasteiger partial charge in [-0.2, -0.15) is 0 Å². The second kappa shape index (κ2) is 8.25. The first-order valence-corrected chi connectivity index (χ1v) is 9.37. The first kappa shape index (κ1) is 18.3. The maximum absolute atomic E-state index is 12.2. The van der Waals surface area contributed by atoms with E-state index in [0.29, 0.717) is 0 Å². The van der Waals surface area contributed by atoms with Crippen LogP contribution < -0.4 is 10.2 Å². The van der Waals surface area contributed by atoms with E-state index in [1.165, 1.54) is 16.8 Å². The van der Waals surface area contributed by atoms with Crippen LogP contribution in [-0.2, 0) is 31.9 Å². The molecule has 0 saturated heterocycles. The summed E-state index contributed by atoms with van der Waals surface area (Å²) in [5.74, 6) is -1.29. The summed E-state index contributed by atoms with van der Waals surface area (Å²) in [7, 11) is 0. The zero-order chi connectivity index (χ0) is 18.5. The molecule has 1 N–H and O–H groups in total. The molecule has 2 heterocycles. The molecule has 0 fully saturated rings. The number of hydrogen-bond donors (Lipinski definition) is 1. The molecule has 1 aromatic rings. The van der Waals surface area contributed by atoms with Crippen molar-refractivity contribution in [1.82, 2.24) is 0 Å². The Morgan fingerprint density at radius 3 is 2.54 bits per heavy atom. The average Bonchev–Trinajstić information content (AvgIpc) is 2.66. The first-order valence-electron chi connectivity index (χ1n) is 9.37. The Labute approximate surface area is 154 Å². The molecule has 0 amide bonds. The van der Waals surface area contributed by atoms with Crippen molar-refractivity contribution in [2.75, 3.05) is 36.5 Å². The zero-order valence-corrected chi connectivity index (χ0v) is 15.5. The van der Waals surface area contributed by atoms with Gasteiger partial charge >= 0.3 is 11.9 Å². The highest BCUT2D eigenvalue weighted by Gasteiger charge is 2.26. The van der Waals surface area contributed by atoms with Gasteiger partial charge in [0.15, 0.2) is 5.57 Å². The lowest BCUT2D eigenvalue weighted by Crippen LogP contribution is -2.29. The van der Waals surface area contributed by atoms with Crippen molar-refractivity contribution in [3.8, 4) is 0 Å². The number of ether oxygens (including phenoxy) is 2. The molecule has 3 rings (SSSR count). The van der Waals surface area contributed by atoms with Crippen molar-refractivity contribution in [1.29, 1.82) is 0 Å². The van der Waals surface area contributed by atoms with Gasteiger partial charge in [-0.15, -0.1) is 0 Å². The van der Waals surface area contributed by atoms with Crippen molar-refractivity contribution in [3.63, 3.8) is 0 Å². The van der Waals surface area contributed by atoms with Gasteiger partial charge in [-0.25, -0.2) is 9.59 Å². The lowest BCUT2D eigenvalue weighted by molar-refractivity contribution is -0.146. The van der Waals surface area contributed by atoms with Gasteiger partial charge in [0.1, 0.15) is 0 Å². The summed E-state index contributed by atoms with van der Waals surface area (Å²) >= 11 is 0. The van der Waals surface area contributed by atoms with E-state index < -0.39 is 11.9 Å². The standard InChI is InChI=1S/C20H26N2O4/c1-3-25-19(23)16(20(24)26-4-2)13-22-12-6-8-15-17(22)10-9-14-7-5-11-21-18(14)15/h9-10,13,21H,3-8,11-12H2,1-2H3. The Bertz CT molecular complexity index is 707. The van der Waals surface area contributed by atoms with Gasteiger partial charge in [-0.3, -0.25) is 0 Å². The molecule has 0 aliphatic carbocycles. The second-order valence-electron chi connectivity index (χ2n) is 6.41. The van der Waals surface area contributed by atoms with Crippen LogP contribution in [0.4, 0.5) is 11.4 Å². The van der Waals surface area contributed by atoms with Crippen LogP contribution in [-0.4, -0.2) is 38.2 Å². The van der Waals surface area contributed by atoms with Crippen LogP contribution in [0.1, 0.15) is 37.8 Å². The molecular formula is C20H26N2O4. The summed E-state index contributed by atoms with van der Waals surface area (Å²) in [6, 6.07) is 4.23. The van der Waals surface area contributed by atoms with E-state index in [4.69, 9.17) is 9.47 Å². The Morgan fingerprint density at radius 1 is 1.12 bits per heavy atom. The number of carbonyl (C=O) groups is 2. The molecule has 6 nitrogen and oxygen atoms in total. The molecular weight excluding hydrogens is 332 g/mol. The quantitative estimate of drug-likeness (QED) is 0.378. The fourth-order valence-corrected chi connectivity index (χ4v) is 3.57. The van der Waals surface area contributed by atoms with Gasteiger partial charge in [0.25, 0.3) is 0 Å². The number of anilines is 2. The maximum Gasteiger partial charge on any atom is 0.347 e. The monoisotopic (exact) mass is 358 g/mol. The lowest BCUT2D eigenvalue weighted by atomic mass is 9.93. The fraction of sp³-hybridized carbons (Fsp3) is 0.500. The molecule has 0 aromatic heterocycles. The van der Waals surface area contributed by atoms with Crippen molar-refractivity contribution in [3.05, 3.63) is 35.0 Å². The predicted octanol–water partition coefficient (Wildman–Crippen LogP) is 2.81. The molecule has 0 bridgehead atoms. The van der Waals surface area contributed by atoms with Gasteiger partial charge in [0.2, 0.25) is 0 Å².